The molecule has 1 rings (SSSR count). The third kappa shape index (κ3) is 2.29. The van der Waals surface area contributed by atoms with E-state index in [4.69, 9.17) is 9.84 Å². The number of carbonyl (C=O) groups is 1. The van der Waals surface area contributed by atoms with Crippen LogP contribution >= 0.6 is 0 Å². The average molecular weight is 180 g/mol. The Morgan fingerprint density at radius 2 is 2.23 bits per heavy atom. The molecule has 0 spiro atoms. The van der Waals surface area contributed by atoms with Crippen molar-refractivity contribution in [2.75, 3.05) is 7.11 Å². The lowest BCUT2D eigenvalue weighted by molar-refractivity contribution is 0.0696. The van der Waals surface area contributed by atoms with Crippen molar-refractivity contribution in [2.45, 2.75) is 13.5 Å². The minimum absolute atomic E-state index is 0.347. The van der Waals surface area contributed by atoms with Crippen LogP contribution in [-0.2, 0) is 11.3 Å². The summed E-state index contributed by atoms with van der Waals surface area (Å²) in [5.41, 5.74) is 2.10. The normalized spacial score (nSPS) is 10.0. The zero-order valence-corrected chi connectivity index (χ0v) is 7.70. The third-order valence-corrected chi connectivity index (χ3v) is 1.83. The summed E-state index contributed by atoms with van der Waals surface area (Å²) < 4.78 is 4.94. The van der Waals surface area contributed by atoms with Crippen molar-refractivity contribution in [1.29, 1.82) is 0 Å². The van der Waals surface area contributed by atoms with Crippen LogP contribution in [0.5, 0.6) is 0 Å². The van der Waals surface area contributed by atoms with Crippen LogP contribution in [0.15, 0.2) is 18.2 Å². The highest BCUT2D eigenvalue weighted by Gasteiger charge is 2.06. The minimum atomic E-state index is -0.888. The topological polar surface area (TPSA) is 46.5 Å². The van der Waals surface area contributed by atoms with Crippen LogP contribution in [0, 0.1) is 6.92 Å². The van der Waals surface area contributed by atoms with Crippen LogP contribution < -0.4 is 0 Å². The largest absolute Gasteiger partial charge is 0.478 e. The van der Waals surface area contributed by atoms with Crippen LogP contribution in [0.3, 0.4) is 0 Å². The Morgan fingerprint density at radius 1 is 1.54 bits per heavy atom. The van der Waals surface area contributed by atoms with Crippen molar-refractivity contribution < 1.29 is 14.6 Å². The van der Waals surface area contributed by atoms with E-state index < -0.39 is 5.97 Å². The molecule has 0 saturated carbocycles. The Hall–Kier alpha value is -1.35. The molecule has 0 atom stereocenters. The summed E-state index contributed by atoms with van der Waals surface area (Å²) in [4.78, 5) is 10.7. The molecule has 3 heteroatoms. The maximum Gasteiger partial charge on any atom is 0.335 e. The number of carboxylic acids is 1. The highest BCUT2D eigenvalue weighted by Crippen LogP contribution is 2.11. The second-order valence-electron chi connectivity index (χ2n) is 2.89. The molecule has 0 aliphatic rings. The first-order chi connectivity index (χ1) is 6.15. The maximum absolute atomic E-state index is 10.7. The number of aromatic carboxylic acids is 1. The van der Waals surface area contributed by atoms with Crippen molar-refractivity contribution in [3.8, 4) is 0 Å². The molecule has 0 aliphatic heterocycles. The van der Waals surface area contributed by atoms with Gasteiger partial charge in [-0.15, -0.1) is 0 Å². The van der Waals surface area contributed by atoms with E-state index in [1.807, 2.05) is 6.07 Å². The summed E-state index contributed by atoms with van der Waals surface area (Å²) in [7, 11) is 1.61. The molecule has 0 radical (unpaired) electrons. The Balaban J connectivity index is 2.98. The van der Waals surface area contributed by atoms with Gasteiger partial charge in [0.1, 0.15) is 0 Å². The number of carboxylic acid groups (broad SMARTS) is 1. The lowest BCUT2D eigenvalue weighted by Crippen LogP contribution is -2.00. The van der Waals surface area contributed by atoms with E-state index in [9.17, 15) is 4.79 Å². The molecular weight excluding hydrogens is 168 g/mol. The molecule has 0 saturated heterocycles. The standard InChI is InChI=1S/C10H12O3/c1-7-5-8(6-13-2)3-4-9(7)10(11)12/h3-5H,6H2,1-2H3,(H,11,12). The summed E-state index contributed by atoms with van der Waals surface area (Å²) in [6, 6.07) is 5.19. The highest BCUT2D eigenvalue weighted by molar-refractivity contribution is 5.89. The molecular formula is C10H12O3. The van der Waals surface area contributed by atoms with Gasteiger partial charge in [-0.25, -0.2) is 4.79 Å². The second kappa shape index (κ2) is 4.05. The smallest absolute Gasteiger partial charge is 0.335 e. The zero-order valence-electron chi connectivity index (χ0n) is 7.70. The Kier molecular flexibility index (Phi) is 3.03. The monoisotopic (exact) mass is 180 g/mol. The van der Waals surface area contributed by atoms with Crippen LogP contribution in [0.25, 0.3) is 0 Å². The van der Waals surface area contributed by atoms with Crippen LogP contribution in [0.1, 0.15) is 21.5 Å². The van der Waals surface area contributed by atoms with Gasteiger partial charge in [-0.3, -0.25) is 0 Å². The first-order valence-electron chi connectivity index (χ1n) is 3.97. The number of methoxy groups -OCH3 is 1. The van der Waals surface area contributed by atoms with Crippen LogP contribution in [0.4, 0.5) is 0 Å². The average Bonchev–Trinajstić information content (AvgIpc) is 2.04. The number of ether oxygens (including phenoxy) is 1. The Labute approximate surface area is 77.0 Å². The minimum Gasteiger partial charge on any atom is -0.478 e. The summed E-state index contributed by atoms with van der Waals surface area (Å²) in [5, 5.41) is 8.76. The van der Waals surface area contributed by atoms with E-state index in [1.165, 1.54) is 0 Å². The SMILES string of the molecule is COCc1ccc(C(=O)O)c(C)c1. The second-order valence-corrected chi connectivity index (χ2v) is 2.89. The van der Waals surface area contributed by atoms with Gasteiger partial charge < -0.3 is 9.84 Å². The first-order valence-corrected chi connectivity index (χ1v) is 3.97. The molecule has 0 aromatic heterocycles. The van der Waals surface area contributed by atoms with Gasteiger partial charge in [0.05, 0.1) is 12.2 Å². The number of hydrogen-bond acceptors (Lipinski definition) is 2. The van der Waals surface area contributed by atoms with Gasteiger partial charge in [0.25, 0.3) is 0 Å². The molecule has 1 N–H and O–H groups in total. The predicted octanol–water partition coefficient (Wildman–Crippen LogP) is 1.84. The van der Waals surface area contributed by atoms with E-state index >= 15 is 0 Å². The summed E-state index contributed by atoms with van der Waals surface area (Å²) in [5.74, 6) is -0.888. The Bertz CT molecular complexity index is 318. The molecule has 0 heterocycles. The molecule has 0 unspecified atom stereocenters. The fraction of sp³-hybridized carbons (Fsp3) is 0.300. The molecule has 0 aliphatic carbocycles. The van der Waals surface area contributed by atoms with Gasteiger partial charge in [-0.2, -0.15) is 0 Å². The van der Waals surface area contributed by atoms with Crippen LogP contribution in [0.2, 0.25) is 0 Å². The lowest BCUT2D eigenvalue weighted by atomic mass is 10.1. The van der Waals surface area contributed by atoms with E-state index in [1.54, 1.807) is 26.2 Å². The zero-order chi connectivity index (χ0) is 9.84. The first kappa shape index (κ1) is 9.74. The fourth-order valence-electron chi connectivity index (χ4n) is 1.22. The molecule has 70 valence electrons. The van der Waals surface area contributed by atoms with Gasteiger partial charge in [-0.1, -0.05) is 12.1 Å². The lowest BCUT2D eigenvalue weighted by Gasteiger charge is -2.03. The third-order valence-electron chi connectivity index (χ3n) is 1.83. The van der Waals surface area contributed by atoms with E-state index in [-0.39, 0.29) is 0 Å². The van der Waals surface area contributed by atoms with Gasteiger partial charge in [0, 0.05) is 7.11 Å². The van der Waals surface area contributed by atoms with Crippen molar-refractivity contribution >= 4 is 5.97 Å². The molecule has 3 nitrogen and oxygen atoms in total. The number of benzene rings is 1. The molecule has 0 amide bonds. The molecule has 0 fully saturated rings. The quantitative estimate of drug-likeness (QED) is 0.772. The summed E-state index contributed by atoms with van der Waals surface area (Å²) in [6.45, 7) is 2.29. The molecule has 1 aromatic rings. The van der Waals surface area contributed by atoms with Gasteiger partial charge >= 0.3 is 5.97 Å². The maximum atomic E-state index is 10.7. The van der Waals surface area contributed by atoms with Crippen molar-refractivity contribution in [1.82, 2.24) is 0 Å². The summed E-state index contributed by atoms with van der Waals surface area (Å²) >= 11 is 0. The van der Waals surface area contributed by atoms with E-state index in [0.717, 1.165) is 11.1 Å². The molecule has 0 bridgehead atoms. The van der Waals surface area contributed by atoms with Crippen LogP contribution in [-0.4, -0.2) is 18.2 Å². The highest BCUT2D eigenvalue weighted by atomic mass is 16.5. The fourth-order valence-corrected chi connectivity index (χ4v) is 1.22. The molecule has 1 aromatic carbocycles. The number of hydrogen-bond donors (Lipinski definition) is 1. The van der Waals surface area contributed by atoms with Gasteiger partial charge in [0.2, 0.25) is 0 Å². The molecule has 13 heavy (non-hydrogen) atoms. The van der Waals surface area contributed by atoms with Gasteiger partial charge in [-0.05, 0) is 24.1 Å². The Morgan fingerprint density at radius 3 is 2.69 bits per heavy atom. The summed E-state index contributed by atoms with van der Waals surface area (Å²) in [6.07, 6.45) is 0. The number of rotatable bonds is 3. The van der Waals surface area contributed by atoms with Crippen molar-refractivity contribution in [2.24, 2.45) is 0 Å². The van der Waals surface area contributed by atoms with Gasteiger partial charge in [0.15, 0.2) is 0 Å². The van der Waals surface area contributed by atoms with Crippen molar-refractivity contribution in [3.05, 3.63) is 34.9 Å². The van der Waals surface area contributed by atoms with Crippen molar-refractivity contribution in [3.63, 3.8) is 0 Å². The van der Waals surface area contributed by atoms with E-state index in [0.29, 0.717) is 12.2 Å². The number of aryl methyl sites for hydroxylation is 1. The van der Waals surface area contributed by atoms with E-state index in [2.05, 4.69) is 0 Å². The predicted molar refractivity (Wildman–Crippen MR) is 48.9 cm³/mol.